The second kappa shape index (κ2) is 24.6. The zero-order valence-corrected chi connectivity index (χ0v) is 16.1. The van der Waals surface area contributed by atoms with E-state index in [1.807, 2.05) is 0 Å². The van der Waals surface area contributed by atoms with Crippen LogP contribution in [-0.4, -0.2) is 29.4 Å². The second-order valence-corrected chi connectivity index (χ2v) is 5.86. The van der Waals surface area contributed by atoms with E-state index in [2.05, 4.69) is 19.6 Å². The molecule has 7 nitrogen and oxygen atoms in total. The second-order valence-electron chi connectivity index (χ2n) is 5.86. The van der Waals surface area contributed by atoms with Gasteiger partial charge in [0.05, 0.1) is 6.54 Å². The van der Waals surface area contributed by atoms with Gasteiger partial charge in [-0.25, -0.2) is 0 Å². The minimum Gasteiger partial charge on any atom is -0.480 e. The van der Waals surface area contributed by atoms with Crippen molar-refractivity contribution in [1.82, 2.24) is 0 Å². The van der Waals surface area contributed by atoms with Gasteiger partial charge in [0.15, 0.2) is 0 Å². The van der Waals surface area contributed by atoms with Crippen LogP contribution in [0.2, 0.25) is 0 Å². The van der Waals surface area contributed by atoms with Crippen molar-refractivity contribution in [3.8, 4) is 0 Å². The van der Waals surface area contributed by atoms with Crippen molar-refractivity contribution in [1.29, 1.82) is 0 Å². The normalized spacial score (nSPS) is 9.24. The van der Waals surface area contributed by atoms with E-state index in [0.29, 0.717) is 12.8 Å². The lowest BCUT2D eigenvalue weighted by Crippen LogP contribution is -2.10. The molecule has 0 saturated carbocycles. The van der Waals surface area contributed by atoms with Crippen molar-refractivity contribution < 1.29 is 19.5 Å². The lowest BCUT2D eigenvalue weighted by atomic mass is 10.1. The Hall–Kier alpha value is -1.63. The minimum atomic E-state index is -0.968. The molecule has 0 aliphatic rings. The molecule has 0 aromatic carbocycles. The number of primary amides is 2. The van der Waals surface area contributed by atoms with Gasteiger partial charge in [-0.05, 0) is 12.8 Å². The van der Waals surface area contributed by atoms with Crippen LogP contribution < -0.4 is 17.2 Å². The number of hydrogen-bond donors (Lipinski definition) is 4. The SMILES string of the molecule is CCCCCCCC(N)=O.CCCCCCCC(N)=O.NCC(=O)O. The Bertz CT molecular complexity index is 299. The van der Waals surface area contributed by atoms with Crippen LogP contribution in [0, 0.1) is 0 Å². The molecule has 7 N–H and O–H groups in total. The highest BCUT2D eigenvalue weighted by Crippen LogP contribution is 2.04. The van der Waals surface area contributed by atoms with Crippen LogP contribution in [0.3, 0.4) is 0 Å². The van der Waals surface area contributed by atoms with Crippen LogP contribution in [0.25, 0.3) is 0 Å². The van der Waals surface area contributed by atoms with Crippen molar-refractivity contribution in [2.45, 2.75) is 90.9 Å². The fourth-order valence-electron chi connectivity index (χ4n) is 1.81. The van der Waals surface area contributed by atoms with Crippen molar-refractivity contribution in [2.24, 2.45) is 17.2 Å². The summed E-state index contributed by atoms with van der Waals surface area (Å²) in [6.45, 7) is 4.07. The first-order chi connectivity index (χ1) is 11.8. The van der Waals surface area contributed by atoms with E-state index in [9.17, 15) is 14.4 Å². The third-order valence-corrected chi connectivity index (χ3v) is 3.23. The molecule has 0 fully saturated rings. The summed E-state index contributed by atoms with van der Waals surface area (Å²) in [5, 5.41) is 7.60. The van der Waals surface area contributed by atoms with E-state index in [-0.39, 0.29) is 18.4 Å². The Labute approximate surface area is 152 Å². The summed E-state index contributed by atoms with van der Waals surface area (Å²) in [6, 6.07) is 0. The molecule has 0 heterocycles. The molecule has 2 amide bonds. The summed E-state index contributed by atoms with van der Waals surface area (Å²) in [7, 11) is 0. The molecule has 0 bridgehead atoms. The third-order valence-electron chi connectivity index (χ3n) is 3.23. The minimum absolute atomic E-state index is 0.170. The summed E-state index contributed by atoms with van der Waals surface area (Å²) >= 11 is 0. The smallest absolute Gasteiger partial charge is 0.317 e. The molecule has 0 aliphatic carbocycles. The van der Waals surface area contributed by atoms with Gasteiger partial charge in [-0.1, -0.05) is 65.2 Å². The maximum Gasteiger partial charge on any atom is 0.317 e. The van der Waals surface area contributed by atoms with Crippen molar-refractivity contribution in [2.75, 3.05) is 6.54 Å². The number of carboxylic acid groups (broad SMARTS) is 1. The van der Waals surface area contributed by atoms with Crippen LogP contribution in [0.5, 0.6) is 0 Å². The molecule has 0 saturated heterocycles. The summed E-state index contributed by atoms with van der Waals surface area (Å²) in [5.74, 6) is -1.31. The fourth-order valence-corrected chi connectivity index (χ4v) is 1.81. The lowest BCUT2D eigenvalue weighted by Gasteiger charge is -1.95. The summed E-state index contributed by atoms with van der Waals surface area (Å²) in [4.78, 5) is 29.8. The van der Waals surface area contributed by atoms with E-state index in [0.717, 1.165) is 25.7 Å². The van der Waals surface area contributed by atoms with Crippen molar-refractivity contribution >= 4 is 17.8 Å². The van der Waals surface area contributed by atoms with Gasteiger partial charge in [-0.2, -0.15) is 0 Å². The summed E-state index contributed by atoms with van der Waals surface area (Å²) < 4.78 is 0. The van der Waals surface area contributed by atoms with Gasteiger partial charge >= 0.3 is 5.97 Å². The Morgan fingerprint density at radius 2 is 0.960 bits per heavy atom. The predicted molar refractivity (Wildman–Crippen MR) is 102 cm³/mol. The Kier molecular flexibility index (Phi) is 27.8. The molecular formula is C18H39N3O4. The fraction of sp³-hybridized carbons (Fsp3) is 0.833. The van der Waals surface area contributed by atoms with E-state index >= 15 is 0 Å². The number of unbranched alkanes of at least 4 members (excludes halogenated alkanes) is 8. The third kappa shape index (κ3) is 45.0. The molecule has 150 valence electrons. The Balaban J connectivity index is -0.000000308. The highest BCUT2D eigenvalue weighted by molar-refractivity contribution is 5.73. The highest BCUT2D eigenvalue weighted by Gasteiger charge is 1.93. The number of amides is 2. The first-order valence-electron chi connectivity index (χ1n) is 9.30. The highest BCUT2D eigenvalue weighted by atomic mass is 16.4. The molecule has 0 rings (SSSR count). The molecule has 0 aromatic rings. The van der Waals surface area contributed by atoms with Crippen LogP contribution in [-0.2, 0) is 14.4 Å². The Morgan fingerprint density at radius 1 is 0.680 bits per heavy atom. The molecule has 0 radical (unpaired) electrons. The first kappa shape index (κ1) is 28.2. The summed E-state index contributed by atoms with van der Waals surface area (Å²) in [5.41, 5.74) is 14.5. The van der Waals surface area contributed by atoms with Gasteiger partial charge in [0.2, 0.25) is 11.8 Å². The topological polar surface area (TPSA) is 150 Å². The number of rotatable bonds is 13. The molecule has 0 aliphatic heterocycles. The van der Waals surface area contributed by atoms with E-state index in [4.69, 9.17) is 16.6 Å². The van der Waals surface area contributed by atoms with Crippen molar-refractivity contribution in [3.63, 3.8) is 0 Å². The monoisotopic (exact) mass is 361 g/mol. The summed E-state index contributed by atoms with van der Waals surface area (Å²) in [6.07, 6.45) is 12.9. The average molecular weight is 362 g/mol. The Morgan fingerprint density at radius 3 is 1.16 bits per heavy atom. The van der Waals surface area contributed by atoms with Gasteiger partial charge in [-0.3, -0.25) is 14.4 Å². The largest absolute Gasteiger partial charge is 0.480 e. The number of carbonyl (C=O) groups is 3. The van der Waals surface area contributed by atoms with Gasteiger partial charge in [0, 0.05) is 12.8 Å². The molecular weight excluding hydrogens is 322 g/mol. The predicted octanol–water partition coefficient (Wildman–Crippen LogP) is 2.69. The number of carboxylic acids is 1. The molecule has 25 heavy (non-hydrogen) atoms. The van der Waals surface area contributed by atoms with Gasteiger partial charge < -0.3 is 22.3 Å². The zero-order chi connectivity index (χ0) is 19.9. The zero-order valence-electron chi connectivity index (χ0n) is 16.1. The van der Waals surface area contributed by atoms with Crippen molar-refractivity contribution in [3.05, 3.63) is 0 Å². The van der Waals surface area contributed by atoms with Gasteiger partial charge in [0.1, 0.15) is 0 Å². The average Bonchev–Trinajstić information content (AvgIpc) is 2.55. The van der Waals surface area contributed by atoms with Crippen LogP contribution in [0.15, 0.2) is 0 Å². The maximum atomic E-state index is 10.3. The van der Waals surface area contributed by atoms with Crippen LogP contribution in [0.4, 0.5) is 0 Å². The van der Waals surface area contributed by atoms with Crippen LogP contribution in [0.1, 0.15) is 90.9 Å². The first-order valence-corrected chi connectivity index (χ1v) is 9.30. The van der Waals surface area contributed by atoms with Crippen LogP contribution >= 0.6 is 0 Å². The molecule has 0 spiro atoms. The number of hydrogen-bond acceptors (Lipinski definition) is 4. The van der Waals surface area contributed by atoms with E-state index in [1.54, 1.807) is 0 Å². The molecule has 0 atom stereocenters. The number of nitrogens with two attached hydrogens (primary N) is 3. The lowest BCUT2D eigenvalue weighted by molar-refractivity contribution is -0.135. The molecule has 0 unspecified atom stereocenters. The van der Waals surface area contributed by atoms with Gasteiger partial charge in [0.25, 0.3) is 0 Å². The van der Waals surface area contributed by atoms with E-state index < -0.39 is 5.97 Å². The molecule has 7 heteroatoms. The molecule has 0 aromatic heterocycles. The number of aliphatic carboxylic acids is 1. The standard InChI is InChI=1S/2C8H17NO.C2H5NO2/c2*1-2-3-4-5-6-7-8(9)10;3-1-2(4)5/h2*2-7H2,1H3,(H2,9,10);1,3H2,(H,4,5). The van der Waals surface area contributed by atoms with Gasteiger partial charge in [-0.15, -0.1) is 0 Å². The van der Waals surface area contributed by atoms with E-state index in [1.165, 1.54) is 38.5 Å². The quantitative estimate of drug-likeness (QED) is 0.372. The number of carbonyl (C=O) groups excluding carboxylic acids is 2. The maximum absolute atomic E-state index is 10.3.